The average molecular weight is 421 g/mol. The van der Waals surface area contributed by atoms with Crippen LogP contribution in [0.2, 0.25) is 0 Å². The number of benzene rings is 1. The molecule has 1 amide bonds. The molecule has 0 bridgehead atoms. The fourth-order valence-corrected chi connectivity index (χ4v) is 3.95. The summed E-state index contributed by atoms with van der Waals surface area (Å²) >= 11 is 0. The highest BCUT2D eigenvalue weighted by molar-refractivity contribution is 5.85. The molecule has 0 radical (unpaired) electrons. The second-order valence-corrected chi connectivity index (χ2v) is 8.16. The lowest BCUT2D eigenvalue weighted by Gasteiger charge is -2.37. The minimum absolute atomic E-state index is 0. The number of aromatic nitrogens is 2. The van der Waals surface area contributed by atoms with E-state index in [1.165, 1.54) is 0 Å². The van der Waals surface area contributed by atoms with Crippen molar-refractivity contribution in [2.75, 3.05) is 32.8 Å². The molecule has 3 heterocycles. The number of nitrogens with one attached hydrogen (secondary N) is 2. The summed E-state index contributed by atoms with van der Waals surface area (Å²) in [6.45, 7) is 7.53. The summed E-state index contributed by atoms with van der Waals surface area (Å²) in [6.07, 6.45) is 5.07. The Morgan fingerprint density at radius 1 is 1.24 bits per heavy atom. The quantitative estimate of drug-likeness (QED) is 0.775. The Kier molecular flexibility index (Phi) is 6.39. The number of carbonyl (C=O) groups excluding carboxylic acids is 1. The number of halogens is 1. The molecule has 2 aliphatic heterocycles. The zero-order valence-corrected chi connectivity index (χ0v) is 17.8. The molecule has 2 aliphatic rings. The molecule has 158 valence electrons. The van der Waals surface area contributed by atoms with Gasteiger partial charge in [0.25, 0.3) is 0 Å². The van der Waals surface area contributed by atoms with Crippen molar-refractivity contribution < 1.29 is 14.3 Å². The smallest absolute Gasteiger partial charge is 0.248 e. The molecule has 0 spiro atoms. The van der Waals surface area contributed by atoms with Gasteiger partial charge in [-0.25, -0.2) is 0 Å². The van der Waals surface area contributed by atoms with Gasteiger partial charge in [0.15, 0.2) is 11.5 Å². The van der Waals surface area contributed by atoms with Crippen molar-refractivity contribution in [2.24, 2.45) is 0 Å². The third kappa shape index (κ3) is 4.21. The Morgan fingerprint density at radius 2 is 1.97 bits per heavy atom. The molecular formula is C21H29ClN4O3. The van der Waals surface area contributed by atoms with E-state index in [-0.39, 0.29) is 23.7 Å². The Hall–Kier alpha value is -2.25. The van der Waals surface area contributed by atoms with Crippen molar-refractivity contribution in [3.63, 3.8) is 0 Å². The fraction of sp³-hybridized carbons (Fsp3) is 0.524. The van der Waals surface area contributed by atoms with Gasteiger partial charge in [0.05, 0.1) is 0 Å². The SMILES string of the molecule is CC(C)(CNC(=O)C1(n2cccn2)CCNCC1)c1ccc2c(c1)OCCO2.Cl. The maximum absolute atomic E-state index is 13.3. The molecule has 4 rings (SSSR count). The van der Waals surface area contributed by atoms with Crippen LogP contribution in [0.15, 0.2) is 36.7 Å². The number of fused-ring (bicyclic) bond motifs is 1. The van der Waals surface area contributed by atoms with E-state index in [1.54, 1.807) is 6.20 Å². The minimum Gasteiger partial charge on any atom is -0.486 e. The first-order valence-electron chi connectivity index (χ1n) is 9.91. The first kappa shape index (κ1) is 21.5. The number of amides is 1. The highest BCUT2D eigenvalue weighted by Gasteiger charge is 2.42. The monoisotopic (exact) mass is 420 g/mol. The lowest BCUT2D eigenvalue weighted by Crippen LogP contribution is -2.56. The van der Waals surface area contributed by atoms with E-state index in [4.69, 9.17) is 9.47 Å². The van der Waals surface area contributed by atoms with Crippen molar-refractivity contribution in [2.45, 2.75) is 37.6 Å². The third-order valence-corrected chi connectivity index (χ3v) is 5.81. The van der Waals surface area contributed by atoms with Crippen LogP contribution in [0.5, 0.6) is 11.5 Å². The summed E-state index contributed by atoms with van der Waals surface area (Å²) in [5.74, 6) is 1.58. The van der Waals surface area contributed by atoms with Crippen molar-refractivity contribution in [3.8, 4) is 11.5 Å². The molecule has 0 unspecified atom stereocenters. The summed E-state index contributed by atoms with van der Waals surface area (Å²) in [5.41, 5.74) is 0.233. The molecule has 0 aliphatic carbocycles. The highest BCUT2D eigenvalue weighted by atomic mass is 35.5. The van der Waals surface area contributed by atoms with Crippen LogP contribution < -0.4 is 20.1 Å². The van der Waals surface area contributed by atoms with Crippen LogP contribution in [-0.2, 0) is 15.7 Å². The molecule has 1 fully saturated rings. The van der Waals surface area contributed by atoms with Gasteiger partial charge in [-0.2, -0.15) is 5.10 Å². The van der Waals surface area contributed by atoms with Gasteiger partial charge in [-0.3, -0.25) is 9.48 Å². The fourth-order valence-electron chi connectivity index (χ4n) is 3.95. The first-order valence-corrected chi connectivity index (χ1v) is 9.91. The minimum atomic E-state index is -0.627. The number of hydrogen-bond donors (Lipinski definition) is 2. The molecule has 1 aromatic heterocycles. The lowest BCUT2D eigenvalue weighted by atomic mass is 9.83. The number of rotatable bonds is 5. The average Bonchev–Trinajstić information content (AvgIpc) is 3.27. The molecule has 1 saturated heterocycles. The van der Waals surface area contributed by atoms with Crippen LogP contribution in [0, 0.1) is 0 Å². The van der Waals surface area contributed by atoms with E-state index in [9.17, 15) is 4.79 Å². The summed E-state index contributed by atoms with van der Waals surface area (Å²) in [4.78, 5) is 13.3. The Morgan fingerprint density at radius 3 is 2.66 bits per heavy atom. The first-order chi connectivity index (χ1) is 13.5. The maximum atomic E-state index is 13.3. The van der Waals surface area contributed by atoms with E-state index in [0.29, 0.717) is 19.8 Å². The lowest BCUT2D eigenvalue weighted by molar-refractivity contribution is -0.132. The van der Waals surface area contributed by atoms with Crippen molar-refractivity contribution in [1.29, 1.82) is 0 Å². The van der Waals surface area contributed by atoms with Crippen molar-refractivity contribution >= 4 is 18.3 Å². The Labute approximate surface area is 177 Å². The van der Waals surface area contributed by atoms with E-state index in [2.05, 4.69) is 29.6 Å². The van der Waals surface area contributed by atoms with Crippen LogP contribution in [-0.4, -0.2) is 48.5 Å². The van der Waals surface area contributed by atoms with Crippen molar-refractivity contribution in [3.05, 3.63) is 42.2 Å². The number of ether oxygens (including phenoxy) is 2. The molecule has 29 heavy (non-hydrogen) atoms. The molecule has 2 aromatic rings. The topological polar surface area (TPSA) is 77.4 Å². The van der Waals surface area contributed by atoms with Gasteiger partial charge < -0.3 is 20.1 Å². The van der Waals surface area contributed by atoms with Gasteiger partial charge in [0.1, 0.15) is 18.8 Å². The number of nitrogens with zero attached hydrogens (tertiary/aromatic N) is 2. The Bertz CT molecular complexity index is 832. The van der Waals surface area contributed by atoms with Gasteiger partial charge in [0.2, 0.25) is 5.91 Å². The number of piperidine rings is 1. The summed E-state index contributed by atoms with van der Waals surface area (Å²) in [5, 5.41) is 10.9. The molecule has 0 atom stereocenters. The van der Waals surface area contributed by atoms with Crippen LogP contribution >= 0.6 is 12.4 Å². The van der Waals surface area contributed by atoms with Gasteiger partial charge in [0, 0.05) is 24.4 Å². The highest BCUT2D eigenvalue weighted by Crippen LogP contribution is 2.35. The molecule has 2 N–H and O–H groups in total. The van der Waals surface area contributed by atoms with Gasteiger partial charge >= 0.3 is 0 Å². The predicted octanol–water partition coefficient (Wildman–Crippen LogP) is 2.25. The summed E-state index contributed by atoms with van der Waals surface area (Å²) < 4.78 is 13.1. The maximum Gasteiger partial charge on any atom is 0.248 e. The third-order valence-electron chi connectivity index (χ3n) is 5.81. The zero-order valence-electron chi connectivity index (χ0n) is 16.9. The molecule has 8 heteroatoms. The largest absolute Gasteiger partial charge is 0.486 e. The van der Waals surface area contributed by atoms with E-state index >= 15 is 0 Å². The predicted molar refractivity (Wildman–Crippen MR) is 113 cm³/mol. The number of carbonyl (C=O) groups is 1. The summed E-state index contributed by atoms with van der Waals surface area (Å²) in [7, 11) is 0. The van der Waals surface area contributed by atoms with Crippen LogP contribution in [0.25, 0.3) is 0 Å². The van der Waals surface area contributed by atoms with E-state index in [0.717, 1.165) is 43.0 Å². The normalized spacial score (nSPS) is 17.9. The molecule has 0 saturated carbocycles. The molecule has 1 aromatic carbocycles. The second-order valence-electron chi connectivity index (χ2n) is 8.16. The Balaban J connectivity index is 0.00000240. The second kappa shape index (κ2) is 8.63. The zero-order chi connectivity index (χ0) is 19.6. The van der Waals surface area contributed by atoms with Gasteiger partial charge in [-0.05, 0) is 49.7 Å². The number of hydrogen-bond acceptors (Lipinski definition) is 5. The van der Waals surface area contributed by atoms with E-state index < -0.39 is 5.54 Å². The van der Waals surface area contributed by atoms with Gasteiger partial charge in [-0.15, -0.1) is 12.4 Å². The standard InChI is InChI=1S/C21H28N4O3.ClH/c1-20(2,16-4-5-17-18(14-16)28-13-12-27-17)15-23-19(26)21(6-9-22-10-7-21)25-11-3-8-24-25;/h3-5,8,11,14,22H,6-7,9-10,12-13,15H2,1-2H3,(H,23,26);1H. The van der Waals surface area contributed by atoms with Crippen LogP contribution in [0.4, 0.5) is 0 Å². The molecule has 7 nitrogen and oxygen atoms in total. The van der Waals surface area contributed by atoms with Crippen LogP contribution in [0.1, 0.15) is 32.3 Å². The summed E-state index contributed by atoms with van der Waals surface area (Å²) in [6, 6.07) is 7.89. The van der Waals surface area contributed by atoms with Crippen molar-refractivity contribution in [1.82, 2.24) is 20.4 Å². The van der Waals surface area contributed by atoms with Crippen LogP contribution in [0.3, 0.4) is 0 Å². The van der Waals surface area contributed by atoms with E-state index in [1.807, 2.05) is 35.1 Å². The van der Waals surface area contributed by atoms with Gasteiger partial charge in [-0.1, -0.05) is 19.9 Å². The molecular weight excluding hydrogens is 392 g/mol.